The van der Waals surface area contributed by atoms with E-state index in [0.717, 1.165) is 0 Å². The lowest BCUT2D eigenvalue weighted by Gasteiger charge is -2.35. The summed E-state index contributed by atoms with van der Waals surface area (Å²) in [4.78, 5) is 23.5. The standard InChI is InChI=1S/C13H14F3N3O4/c1-2-23-13(20)18-5-3-17(4-6-18)12-8(14)7-9(19(21)22)10(15)11(12)16/h7H,2-6H2,1H3. The van der Waals surface area contributed by atoms with Gasteiger partial charge >= 0.3 is 11.8 Å². The Labute approximate surface area is 129 Å². The monoisotopic (exact) mass is 333 g/mol. The number of piperazine rings is 1. The second-order valence-electron chi connectivity index (χ2n) is 4.78. The van der Waals surface area contributed by atoms with Crippen molar-refractivity contribution < 1.29 is 27.6 Å². The van der Waals surface area contributed by atoms with Crippen LogP contribution in [0.1, 0.15) is 6.92 Å². The summed E-state index contributed by atoms with van der Waals surface area (Å²) in [6.45, 7) is 2.22. The van der Waals surface area contributed by atoms with E-state index in [1.54, 1.807) is 6.92 Å². The van der Waals surface area contributed by atoms with Crippen molar-refractivity contribution in [3.05, 3.63) is 33.6 Å². The Kier molecular flexibility index (Phi) is 4.92. The minimum Gasteiger partial charge on any atom is -0.450 e. The molecule has 0 aromatic heterocycles. The van der Waals surface area contributed by atoms with Gasteiger partial charge in [-0.05, 0) is 6.92 Å². The van der Waals surface area contributed by atoms with E-state index in [1.165, 1.54) is 9.80 Å². The molecule has 0 unspecified atom stereocenters. The number of hydrogen-bond acceptors (Lipinski definition) is 5. The lowest BCUT2D eigenvalue weighted by atomic mass is 10.2. The van der Waals surface area contributed by atoms with Gasteiger partial charge in [0, 0.05) is 26.2 Å². The van der Waals surface area contributed by atoms with E-state index >= 15 is 0 Å². The van der Waals surface area contributed by atoms with Crippen LogP contribution in [-0.2, 0) is 4.74 Å². The maximum Gasteiger partial charge on any atom is 0.409 e. The fourth-order valence-corrected chi connectivity index (χ4v) is 2.32. The van der Waals surface area contributed by atoms with Crippen molar-refractivity contribution in [3.8, 4) is 0 Å². The van der Waals surface area contributed by atoms with Crippen molar-refractivity contribution >= 4 is 17.5 Å². The summed E-state index contributed by atoms with van der Waals surface area (Å²) < 4.78 is 46.4. The zero-order valence-electron chi connectivity index (χ0n) is 12.2. The highest BCUT2D eigenvalue weighted by Gasteiger charge is 2.31. The van der Waals surface area contributed by atoms with E-state index in [9.17, 15) is 28.1 Å². The summed E-state index contributed by atoms with van der Waals surface area (Å²) in [5, 5.41) is 10.6. The van der Waals surface area contributed by atoms with Gasteiger partial charge in [-0.2, -0.15) is 4.39 Å². The molecule has 1 amide bonds. The molecular formula is C13H14F3N3O4. The number of carbonyl (C=O) groups excluding carboxylic acids is 1. The number of halogens is 3. The topological polar surface area (TPSA) is 75.9 Å². The number of amides is 1. The molecule has 0 aliphatic carbocycles. The first-order valence-electron chi connectivity index (χ1n) is 6.85. The molecule has 0 bridgehead atoms. The Bertz CT molecular complexity index is 633. The maximum atomic E-state index is 14.0. The molecule has 0 spiro atoms. The van der Waals surface area contributed by atoms with Gasteiger partial charge in [0.05, 0.1) is 17.6 Å². The third kappa shape index (κ3) is 3.30. The second kappa shape index (κ2) is 6.71. The molecule has 0 atom stereocenters. The van der Waals surface area contributed by atoms with Crippen LogP contribution >= 0.6 is 0 Å². The average Bonchev–Trinajstić information content (AvgIpc) is 2.51. The van der Waals surface area contributed by atoms with E-state index in [0.29, 0.717) is 6.07 Å². The van der Waals surface area contributed by atoms with Gasteiger partial charge in [-0.15, -0.1) is 0 Å². The Morgan fingerprint density at radius 2 is 1.87 bits per heavy atom. The van der Waals surface area contributed by atoms with Crippen LogP contribution < -0.4 is 4.90 Å². The van der Waals surface area contributed by atoms with Gasteiger partial charge < -0.3 is 14.5 Å². The molecular weight excluding hydrogens is 319 g/mol. The number of rotatable bonds is 3. The van der Waals surface area contributed by atoms with E-state index in [4.69, 9.17) is 4.74 Å². The quantitative estimate of drug-likeness (QED) is 0.482. The van der Waals surface area contributed by atoms with Crippen molar-refractivity contribution in [1.82, 2.24) is 4.90 Å². The molecule has 1 aromatic rings. The van der Waals surface area contributed by atoms with E-state index in [-0.39, 0.29) is 32.8 Å². The molecule has 0 radical (unpaired) electrons. The first-order chi connectivity index (χ1) is 10.9. The zero-order valence-corrected chi connectivity index (χ0v) is 12.2. The summed E-state index contributed by atoms with van der Waals surface area (Å²) in [5.74, 6) is -4.54. The Morgan fingerprint density at radius 3 is 2.39 bits per heavy atom. The average molecular weight is 333 g/mol. The second-order valence-corrected chi connectivity index (χ2v) is 4.78. The van der Waals surface area contributed by atoms with Crippen LogP contribution in [0.15, 0.2) is 6.07 Å². The zero-order chi connectivity index (χ0) is 17.1. The van der Waals surface area contributed by atoms with Gasteiger partial charge in [0.15, 0.2) is 11.6 Å². The molecule has 1 fully saturated rings. The fourth-order valence-electron chi connectivity index (χ4n) is 2.32. The smallest absolute Gasteiger partial charge is 0.409 e. The van der Waals surface area contributed by atoms with Crippen molar-refractivity contribution in [1.29, 1.82) is 0 Å². The first-order valence-corrected chi connectivity index (χ1v) is 6.85. The third-order valence-corrected chi connectivity index (χ3v) is 3.43. The minimum absolute atomic E-state index is 0.0455. The number of nitrogens with zero attached hydrogens (tertiary/aromatic N) is 3. The van der Waals surface area contributed by atoms with E-state index < -0.39 is 39.8 Å². The van der Waals surface area contributed by atoms with Crippen LogP contribution in [0.3, 0.4) is 0 Å². The highest BCUT2D eigenvalue weighted by molar-refractivity contribution is 5.68. The molecule has 0 saturated carbocycles. The van der Waals surface area contributed by atoms with Crippen molar-refractivity contribution in [2.75, 3.05) is 37.7 Å². The molecule has 126 valence electrons. The highest BCUT2D eigenvalue weighted by Crippen LogP contribution is 2.32. The molecule has 2 rings (SSSR count). The molecule has 10 heteroatoms. The third-order valence-electron chi connectivity index (χ3n) is 3.43. The molecule has 1 heterocycles. The van der Waals surface area contributed by atoms with E-state index in [1.807, 2.05) is 0 Å². The lowest BCUT2D eigenvalue weighted by molar-refractivity contribution is -0.388. The van der Waals surface area contributed by atoms with Gasteiger partial charge in [0.1, 0.15) is 5.69 Å². The van der Waals surface area contributed by atoms with E-state index in [2.05, 4.69) is 0 Å². The van der Waals surface area contributed by atoms with Crippen LogP contribution in [0.4, 0.5) is 29.3 Å². The summed E-state index contributed by atoms with van der Waals surface area (Å²) in [5.41, 5.74) is -1.93. The number of anilines is 1. The molecule has 1 aliphatic heterocycles. The number of ether oxygens (including phenoxy) is 1. The van der Waals surface area contributed by atoms with Crippen LogP contribution in [-0.4, -0.2) is 48.7 Å². The minimum atomic E-state index is -1.71. The lowest BCUT2D eigenvalue weighted by Crippen LogP contribution is -2.49. The number of hydrogen-bond donors (Lipinski definition) is 0. The molecule has 1 saturated heterocycles. The predicted molar refractivity (Wildman–Crippen MR) is 73.8 cm³/mol. The maximum absolute atomic E-state index is 14.0. The van der Waals surface area contributed by atoms with Crippen molar-refractivity contribution in [2.24, 2.45) is 0 Å². The van der Waals surface area contributed by atoms with Crippen LogP contribution in [0, 0.1) is 27.6 Å². The molecule has 23 heavy (non-hydrogen) atoms. The largest absolute Gasteiger partial charge is 0.450 e. The molecule has 7 nitrogen and oxygen atoms in total. The summed E-state index contributed by atoms with van der Waals surface area (Å²) >= 11 is 0. The molecule has 1 aliphatic rings. The summed E-state index contributed by atoms with van der Waals surface area (Å²) in [6, 6.07) is 0.353. The number of carbonyl (C=O) groups is 1. The highest BCUT2D eigenvalue weighted by atomic mass is 19.2. The van der Waals surface area contributed by atoms with Gasteiger partial charge in [0.2, 0.25) is 5.82 Å². The van der Waals surface area contributed by atoms with Gasteiger partial charge in [0.25, 0.3) is 0 Å². The SMILES string of the molecule is CCOC(=O)N1CCN(c2c(F)cc([N+](=O)[O-])c(F)c2F)CC1. The summed E-state index contributed by atoms with van der Waals surface area (Å²) in [7, 11) is 0. The molecule has 1 aromatic carbocycles. The molecule has 0 N–H and O–H groups in total. The Morgan fingerprint density at radius 1 is 1.26 bits per heavy atom. The first kappa shape index (κ1) is 16.8. The number of nitro groups is 1. The predicted octanol–water partition coefficient (Wildman–Crippen LogP) is 2.29. The van der Waals surface area contributed by atoms with Gasteiger partial charge in [-0.25, -0.2) is 13.6 Å². The van der Waals surface area contributed by atoms with Crippen LogP contribution in [0.2, 0.25) is 0 Å². The number of nitro benzene ring substituents is 1. The van der Waals surface area contributed by atoms with Crippen molar-refractivity contribution in [2.45, 2.75) is 6.92 Å². The Balaban J connectivity index is 2.20. The van der Waals surface area contributed by atoms with Crippen molar-refractivity contribution in [3.63, 3.8) is 0 Å². The van der Waals surface area contributed by atoms with Gasteiger partial charge in [-0.1, -0.05) is 0 Å². The number of benzene rings is 1. The summed E-state index contributed by atoms with van der Waals surface area (Å²) in [6.07, 6.45) is -0.539. The van der Waals surface area contributed by atoms with Crippen LogP contribution in [0.25, 0.3) is 0 Å². The normalized spacial score (nSPS) is 14.8. The van der Waals surface area contributed by atoms with Gasteiger partial charge in [-0.3, -0.25) is 10.1 Å². The fraction of sp³-hybridized carbons (Fsp3) is 0.462. The Hall–Kier alpha value is -2.52. The van der Waals surface area contributed by atoms with Crippen LogP contribution in [0.5, 0.6) is 0 Å².